The molecule has 0 aliphatic heterocycles. The second-order valence-electron chi connectivity index (χ2n) is 4.40. The van der Waals surface area contributed by atoms with Crippen molar-refractivity contribution in [1.29, 1.82) is 0 Å². The van der Waals surface area contributed by atoms with Gasteiger partial charge in [0.05, 0.1) is 29.6 Å². The zero-order valence-corrected chi connectivity index (χ0v) is 11.0. The molecular formula is C13H16N6. The third-order valence-electron chi connectivity index (χ3n) is 3.22. The van der Waals surface area contributed by atoms with Crippen molar-refractivity contribution in [3.8, 4) is 0 Å². The van der Waals surface area contributed by atoms with Crippen LogP contribution in [0.5, 0.6) is 0 Å². The quantitative estimate of drug-likeness (QED) is 0.761. The van der Waals surface area contributed by atoms with Crippen molar-refractivity contribution < 1.29 is 0 Å². The lowest BCUT2D eigenvalue weighted by atomic mass is 10.1. The molecule has 0 saturated heterocycles. The molecule has 19 heavy (non-hydrogen) atoms. The van der Waals surface area contributed by atoms with E-state index in [1.165, 1.54) is 0 Å². The second kappa shape index (κ2) is 4.81. The van der Waals surface area contributed by atoms with Gasteiger partial charge in [-0.05, 0) is 18.7 Å². The molecular weight excluding hydrogens is 240 g/mol. The number of fused-ring (bicyclic) bond motifs is 1. The molecule has 0 aromatic carbocycles. The molecule has 0 fully saturated rings. The summed E-state index contributed by atoms with van der Waals surface area (Å²) in [7, 11) is 1.90. The fourth-order valence-corrected chi connectivity index (χ4v) is 2.31. The average Bonchev–Trinajstić information content (AvgIpc) is 3.03. The Balaban J connectivity index is 2.12. The summed E-state index contributed by atoms with van der Waals surface area (Å²) in [4.78, 5) is 0. The van der Waals surface area contributed by atoms with Gasteiger partial charge in [0.15, 0.2) is 0 Å². The number of hydrogen-bond acceptors (Lipinski definition) is 4. The number of aromatic nitrogens is 5. The molecule has 1 atom stereocenters. The van der Waals surface area contributed by atoms with Gasteiger partial charge in [-0.2, -0.15) is 5.10 Å². The third-order valence-corrected chi connectivity index (χ3v) is 3.22. The predicted molar refractivity (Wildman–Crippen MR) is 71.7 cm³/mol. The molecule has 1 N–H and O–H groups in total. The summed E-state index contributed by atoms with van der Waals surface area (Å²) in [6, 6.07) is 6.10. The molecule has 3 rings (SSSR count). The molecule has 0 amide bonds. The van der Waals surface area contributed by atoms with Crippen LogP contribution in [-0.4, -0.2) is 31.2 Å². The van der Waals surface area contributed by atoms with Crippen molar-refractivity contribution >= 4 is 5.52 Å². The van der Waals surface area contributed by atoms with E-state index in [1.54, 1.807) is 10.9 Å². The summed E-state index contributed by atoms with van der Waals surface area (Å²) in [6.45, 7) is 2.95. The number of aryl methyl sites for hydroxylation is 1. The Morgan fingerprint density at radius 2 is 2.21 bits per heavy atom. The minimum atomic E-state index is 0.0462. The Kier molecular flexibility index (Phi) is 3.00. The molecule has 0 spiro atoms. The maximum atomic E-state index is 4.39. The summed E-state index contributed by atoms with van der Waals surface area (Å²) < 4.78 is 3.67. The molecule has 0 aliphatic rings. The van der Waals surface area contributed by atoms with Gasteiger partial charge in [-0.1, -0.05) is 18.2 Å². The number of hydrogen-bond donors (Lipinski definition) is 1. The van der Waals surface area contributed by atoms with E-state index in [2.05, 4.69) is 33.7 Å². The highest BCUT2D eigenvalue weighted by molar-refractivity contribution is 5.56. The van der Waals surface area contributed by atoms with Gasteiger partial charge in [0.1, 0.15) is 0 Å². The van der Waals surface area contributed by atoms with Crippen molar-refractivity contribution in [2.75, 3.05) is 6.54 Å². The Morgan fingerprint density at radius 3 is 2.95 bits per heavy atom. The van der Waals surface area contributed by atoms with Crippen molar-refractivity contribution in [3.05, 3.63) is 48.0 Å². The SMILES string of the molecule is CCNC(c1cnn2ccccc12)c1cnnn1C. The molecule has 0 radical (unpaired) electrons. The van der Waals surface area contributed by atoms with Crippen molar-refractivity contribution in [1.82, 2.24) is 29.9 Å². The van der Waals surface area contributed by atoms with Crippen LogP contribution in [0.2, 0.25) is 0 Å². The summed E-state index contributed by atoms with van der Waals surface area (Å²) in [6.07, 6.45) is 5.64. The normalized spacial score (nSPS) is 12.9. The summed E-state index contributed by atoms with van der Waals surface area (Å²) in [5.74, 6) is 0. The van der Waals surface area contributed by atoms with Gasteiger partial charge in [0.25, 0.3) is 0 Å². The topological polar surface area (TPSA) is 60.0 Å². The van der Waals surface area contributed by atoms with Crippen LogP contribution in [0.4, 0.5) is 0 Å². The molecule has 3 aromatic heterocycles. The largest absolute Gasteiger partial charge is 0.305 e. The molecule has 0 aliphatic carbocycles. The van der Waals surface area contributed by atoms with Crippen LogP contribution in [-0.2, 0) is 7.05 Å². The van der Waals surface area contributed by atoms with Gasteiger partial charge < -0.3 is 5.32 Å². The van der Waals surface area contributed by atoms with Crippen LogP contribution in [0, 0.1) is 0 Å². The summed E-state index contributed by atoms with van der Waals surface area (Å²) in [5, 5.41) is 15.8. The van der Waals surface area contributed by atoms with E-state index in [-0.39, 0.29) is 6.04 Å². The van der Waals surface area contributed by atoms with E-state index in [4.69, 9.17) is 0 Å². The first-order chi connectivity index (χ1) is 9.31. The summed E-state index contributed by atoms with van der Waals surface area (Å²) >= 11 is 0. The fraction of sp³-hybridized carbons (Fsp3) is 0.308. The molecule has 3 heterocycles. The number of nitrogens with zero attached hydrogens (tertiary/aromatic N) is 5. The van der Waals surface area contributed by atoms with Gasteiger partial charge in [-0.15, -0.1) is 5.10 Å². The number of rotatable bonds is 4. The van der Waals surface area contributed by atoms with Gasteiger partial charge in [0, 0.05) is 18.8 Å². The predicted octanol–water partition coefficient (Wildman–Crippen LogP) is 1.16. The molecule has 3 aromatic rings. The van der Waals surface area contributed by atoms with E-state index in [0.29, 0.717) is 0 Å². The van der Waals surface area contributed by atoms with Gasteiger partial charge in [-0.25, -0.2) is 4.52 Å². The average molecular weight is 256 g/mol. The highest BCUT2D eigenvalue weighted by atomic mass is 15.4. The lowest BCUT2D eigenvalue weighted by Crippen LogP contribution is -2.24. The maximum absolute atomic E-state index is 4.39. The van der Waals surface area contributed by atoms with Crippen molar-refractivity contribution in [2.24, 2.45) is 7.05 Å². The van der Waals surface area contributed by atoms with Crippen LogP contribution >= 0.6 is 0 Å². The van der Waals surface area contributed by atoms with Crippen LogP contribution in [0.3, 0.4) is 0 Å². The minimum absolute atomic E-state index is 0.0462. The van der Waals surface area contributed by atoms with Crippen LogP contribution in [0.1, 0.15) is 24.2 Å². The third kappa shape index (κ3) is 2.00. The first-order valence-corrected chi connectivity index (χ1v) is 6.31. The standard InChI is InChI=1S/C13H16N6/c1-3-14-13(12-9-15-17-18(12)2)10-8-16-19-7-5-4-6-11(10)19/h4-9,13-14H,3H2,1-2H3. The first kappa shape index (κ1) is 11.9. The molecule has 98 valence electrons. The van der Waals surface area contributed by atoms with Gasteiger partial charge in [-0.3, -0.25) is 4.68 Å². The van der Waals surface area contributed by atoms with E-state index in [0.717, 1.165) is 23.3 Å². The second-order valence-corrected chi connectivity index (χ2v) is 4.40. The van der Waals surface area contributed by atoms with Crippen LogP contribution in [0.15, 0.2) is 36.8 Å². The summed E-state index contributed by atoms with van der Waals surface area (Å²) in [5.41, 5.74) is 3.25. The van der Waals surface area contributed by atoms with Crippen molar-refractivity contribution in [3.63, 3.8) is 0 Å². The monoisotopic (exact) mass is 256 g/mol. The Hall–Kier alpha value is -2.21. The van der Waals surface area contributed by atoms with Crippen LogP contribution in [0.25, 0.3) is 5.52 Å². The number of pyridine rings is 1. The van der Waals surface area contributed by atoms with Gasteiger partial charge >= 0.3 is 0 Å². The van der Waals surface area contributed by atoms with Gasteiger partial charge in [0.2, 0.25) is 0 Å². The highest BCUT2D eigenvalue weighted by Gasteiger charge is 2.20. The fourth-order valence-electron chi connectivity index (χ4n) is 2.31. The molecule has 0 saturated carbocycles. The Labute approximate surface area is 111 Å². The molecule has 6 nitrogen and oxygen atoms in total. The zero-order chi connectivity index (χ0) is 13.2. The minimum Gasteiger partial charge on any atom is -0.305 e. The van der Waals surface area contributed by atoms with Crippen molar-refractivity contribution in [2.45, 2.75) is 13.0 Å². The molecule has 1 unspecified atom stereocenters. The molecule has 6 heteroatoms. The lowest BCUT2D eigenvalue weighted by molar-refractivity contribution is 0.570. The maximum Gasteiger partial charge on any atom is 0.0801 e. The number of nitrogens with one attached hydrogen (secondary N) is 1. The molecule has 0 bridgehead atoms. The lowest BCUT2D eigenvalue weighted by Gasteiger charge is -2.16. The highest BCUT2D eigenvalue weighted by Crippen LogP contribution is 2.24. The van der Waals surface area contributed by atoms with E-state index < -0.39 is 0 Å². The van der Waals surface area contributed by atoms with E-state index in [9.17, 15) is 0 Å². The Bertz CT molecular complexity index is 683. The first-order valence-electron chi connectivity index (χ1n) is 6.31. The van der Waals surface area contributed by atoms with Crippen LogP contribution < -0.4 is 5.32 Å². The van der Waals surface area contributed by atoms with E-state index in [1.807, 2.05) is 36.1 Å². The zero-order valence-electron chi connectivity index (χ0n) is 11.0. The Morgan fingerprint density at radius 1 is 1.32 bits per heavy atom. The van der Waals surface area contributed by atoms with E-state index >= 15 is 0 Å². The smallest absolute Gasteiger partial charge is 0.0801 e.